The molecule has 1 aromatic heterocycles. The molecule has 0 bridgehead atoms. The van der Waals surface area contributed by atoms with Crippen LogP contribution in [0.25, 0.3) is 11.4 Å². The normalized spacial score (nSPS) is 11.5. The quantitative estimate of drug-likeness (QED) is 0.858. The molecule has 0 atom stereocenters. The smallest absolute Gasteiger partial charge is 0.141 e. The molecular formula is C14H18N2O. The molecule has 3 heteroatoms. The number of benzene rings is 1. The van der Waals surface area contributed by atoms with Crippen LogP contribution in [-0.2, 0) is 5.41 Å². The van der Waals surface area contributed by atoms with Gasteiger partial charge in [-0.05, 0) is 12.1 Å². The highest BCUT2D eigenvalue weighted by molar-refractivity contribution is 5.64. The van der Waals surface area contributed by atoms with Gasteiger partial charge in [-0.15, -0.1) is 0 Å². The number of hydrogen-bond donors (Lipinski definition) is 1. The number of hydrogen-bond acceptors (Lipinski definition) is 2. The van der Waals surface area contributed by atoms with Crippen LogP contribution in [0.4, 0.5) is 0 Å². The first-order chi connectivity index (χ1) is 8.02. The number of rotatable bonds is 2. The maximum Gasteiger partial charge on any atom is 0.141 e. The van der Waals surface area contributed by atoms with E-state index in [1.54, 1.807) is 7.11 Å². The third kappa shape index (κ3) is 2.33. The van der Waals surface area contributed by atoms with E-state index in [4.69, 9.17) is 4.74 Å². The zero-order chi connectivity index (χ0) is 12.5. The average Bonchev–Trinajstić information content (AvgIpc) is 2.77. The number of H-pyrrole nitrogens is 1. The van der Waals surface area contributed by atoms with Gasteiger partial charge in [0.05, 0.1) is 18.4 Å². The minimum absolute atomic E-state index is 0.0523. The van der Waals surface area contributed by atoms with Crippen LogP contribution >= 0.6 is 0 Å². The van der Waals surface area contributed by atoms with Crippen LogP contribution in [0.15, 0.2) is 30.5 Å². The zero-order valence-corrected chi connectivity index (χ0v) is 10.7. The summed E-state index contributed by atoms with van der Waals surface area (Å²) in [4.78, 5) is 7.84. The number of para-hydroxylation sites is 1. The van der Waals surface area contributed by atoms with Crippen LogP contribution in [0.5, 0.6) is 5.75 Å². The lowest BCUT2D eigenvalue weighted by Crippen LogP contribution is -2.11. The molecule has 0 fully saturated rings. The minimum Gasteiger partial charge on any atom is -0.496 e. The molecule has 0 aliphatic heterocycles. The van der Waals surface area contributed by atoms with Crippen molar-refractivity contribution in [1.82, 2.24) is 9.97 Å². The van der Waals surface area contributed by atoms with Crippen molar-refractivity contribution in [2.45, 2.75) is 26.2 Å². The van der Waals surface area contributed by atoms with Crippen LogP contribution in [0, 0.1) is 0 Å². The van der Waals surface area contributed by atoms with Gasteiger partial charge >= 0.3 is 0 Å². The first kappa shape index (κ1) is 11.7. The SMILES string of the molecule is COc1ccccc1-c1nc(C(C)(C)C)c[nH]1. The summed E-state index contributed by atoms with van der Waals surface area (Å²) in [7, 11) is 1.67. The maximum atomic E-state index is 5.33. The molecule has 2 rings (SSSR count). The fourth-order valence-corrected chi connectivity index (χ4v) is 1.68. The Kier molecular flexibility index (Phi) is 2.92. The van der Waals surface area contributed by atoms with Crippen LogP contribution in [-0.4, -0.2) is 17.1 Å². The molecule has 0 amide bonds. The predicted octanol–water partition coefficient (Wildman–Crippen LogP) is 3.38. The summed E-state index contributed by atoms with van der Waals surface area (Å²) in [5.74, 6) is 1.69. The van der Waals surface area contributed by atoms with Crippen LogP contribution in [0.3, 0.4) is 0 Å². The van der Waals surface area contributed by atoms with Gasteiger partial charge in [0, 0.05) is 11.6 Å². The Labute approximate surface area is 102 Å². The summed E-state index contributed by atoms with van der Waals surface area (Å²) >= 11 is 0. The molecule has 2 aromatic rings. The summed E-state index contributed by atoms with van der Waals surface area (Å²) in [5, 5.41) is 0. The molecule has 0 unspecified atom stereocenters. The van der Waals surface area contributed by atoms with Crippen molar-refractivity contribution in [3.05, 3.63) is 36.2 Å². The molecule has 0 spiro atoms. The molecule has 1 N–H and O–H groups in total. The van der Waals surface area contributed by atoms with E-state index in [0.29, 0.717) is 0 Å². The van der Waals surface area contributed by atoms with Gasteiger partial charge in [-0.25, -0.2) is 4.98 Å². The Balaban J connectivity index is 2.44. The zero-order valence-electron chi connectivity index (χ0n) is 10.7. The molecule has 90 valence electrons. The third-order valence-electron chi connectivity index (χ3n) is 2.71. The highest BCUT2D eigenvalue weighted by Crippen LogP contribution is 2.29. The van der Waals surface area contributed by atoms with Gasteiger partial charge in [0.15, 0.2) is 0 Å². The summed E-state index contributed by atoms with van der Waals surface area (Å²) in [5.41, 5.74) is 2.10. The third-order valence-corrected chi connectivity index (χ3v) is 2.71. The Morgan fingerprint density at radius 3 is 2.47 bits per heavy atom. The molecule has 0 saturated carbocycles. The Morgan fingerprint density at radius 2 is 1.88 bits per heavy atom. The summed E-state index contributed by atoms with van der Waals surface area (Å²) in [6, 6.07) is 7.88. The van der Waals surface area contributed by atoms with E-state index in [1.165, 1.54) is 0 Å². The van der Waals surface area contributed by atoms with Crippen molar-refractivity contribution in [2.24, 2.45) is 0 Å². The molecule has 0 saturated heterocycles. The van der Waals surface area contributed by atoms with Gasteiger partial charge in [0.2, 0.25) is 0 Å². The van der Waals surface area contributed by atoms with Crippen LogP contribution in [0.1, 0.15) is 26.5 Å². The van der Waals surface area contributed by atoms with Crippen LogP contribution in [0.2, 0.25) is 0 Å². The van der Waals surface area contributed by atoms with Crippen molar-refractivity contribution in [3.63, 3.8) is 0 Å². The Morgan fingerprint density at radius 1 is 1.18 bits per heavy atom. The number of ether oxygens (including phenoxy) is 1. The lowest BCUT2D eigenvalue weighted by Gasteiger charge is -2.14. The molecule has 1 heterocycles. The molecule has 0 aliphatic rings. The van der Waals surface area contributed by atoms with Crippen molar-refractivity contribution in [1.29, 1.82) is 0 Å². The second kappa shape index (κ2) is 4.24. The second-order valence-corrected chi connectivity index (χ2v) is 5.08. The number of aromatic nitrogens is 2. The van der Waals surface area contributed by atoms with Gasteiger partial charge in [0.1, 0.15) is 11.6 Å². The highest BCUT2D eigenvalue weighted by Gasteiger charge is 2.18. The van der Waals surface area contributed by atoms with E-state index in [1.807, 2.05) is 30.5 Å². The molecule has 17 heavy (non-hydrogen) atoms. The molecule has 1 aromatic carbocycles. The predicted molar refractivity (Wildman–Crippen MR) is 69.3 cm³/mol. The highest BCUT2D eigenvalue weighted by atomic mass is 16.5. The summed E-state index contributed by atoms with van der Waals surface area (Å²) < 4.78 is 5.33. The number of methoxy groups -OCH3 is 1. The van der Waals surface area contributed by atoms with Crippen LogP contribution < -0.4 is 4.74 Å². The van der Waals surface area contributed by atoms with E-state index >= 15 is 0 Å². The lowest BCUT2D eigenvalue weighted by molar-refractivity contribution is 0.416. The van der Waals surface area contributed by atoms with E-state index in [-0.39, 0.29) is 5.41 Å². The standard InChI is InChI=1S/C14H18N2O/c1-14(2,3)12-9-15-13(16-12)10-7-5-6-8-11(10)17-4/h5-9H,1-4H3,(H,15,16). The van der Waals surface area contributed by atoms with Gasteiger partial charge in [-0.3, -0.25) is 0 Å². The largest absolute Gasteiger partial charge is 0.496 e. The lowest BCUT2D eigenvalue weighted by atomic mass is 9.93. The van der Waals surface area contributed by atoms with Crippen molar-refractivity contribution < 1.29 is 4.74 Å². The monoisotopic (exact) mass is 230 g/mol. The molecule has 3 nitrogen and oxygen atoms in total. The van der Waals surface area contributed by atoms with Gasteiger partial charge in [0.25, 0.3) is 0 Å². The van der Waals surface area contributed by atoms with Gasteiger partial charge < -0.3 is 9.72 Å². The van der Waals surface area contributed by atoms with Crippen molar-refractivity contribution in [2.75, 3.05) is 7.11 Å². The Bertz CT molecular complexity index is 509. The summed E-state index contributed by atoms with van der Waals surface area (Å²) in [6.07, 6.45) is 1.96. The summed E-state index contributed by atoms with van der Waals surface area (Å²) in [6.45, 7) is 6.44. The first-order valence-corrected chi connectivity index (χ1v) is 5.71. The average molecular weight is 230 g/mol. The fourth-order valence-electron chi connectivity index (χ4n) is 1.68. The van der Waals surface area contributed by atoms with E-state index in [2.05, 4.69) is 30.7 Å². The minimum atomic E-state index is 0.0523. The number of imidazole rings is 1. The van der Waals surface area contributed by atoms with Crippen molar-refractivity contribution >= 4 is 0 Å². The number of nitrogens with one attached hydrogen (secondary N) is 1. The Hall–Kier alpha value is -1.77. The number of nitrogens with zero attached hydrogens (tertiary/aromatic N) is 1. The second-order valence-electron chi connectivity index (χ2n) is 5.08. The van der Waals surface area contributed by atoms with E-state index in [9.17, 15) is 0 Å². The van der Waals surface area contributed by atoms with E-state index < -0.39 is 0 Å². The fraction of sp³-hybridized carbons (Fsp3) is 0.357. The van der Waals surface area contributed by atoms with E-state index in [0.717, 1.165) is 22.8 Å². The van der Waals surface area contributed by atoms with Gasteiger partial charge in [-0.1, -0.05) is 32.9 Å². The first-order valence-electron chi connectivity index (χ1n) is 5.71. The maximum absolute atomic E-state index is 5.33. The van der Waals surface area contributed by atoms with Gasteiger partial charge in [-0.2, -0.15) is 0 Å². The molecule has 0 radical (unpaired) electrons. The molecular weight excluding hydrogens is 212 g/mol. The van der Waals surface area contributed by atoms with Crippen molar-refractivity contribution in [3.8, 4) is 17.1 Å². The number of aromatic amines is 1. The molecule has 0 aliphatic carbocycles. The topological polar surface area (TPSA) is 37.9 Å².